The second-order valence-corrected chi connectivity index (χ2v) is 6.97. The average molecular weight is 335 g/mol. The molecule has 0 radical (unpaired) electrons. The third-order valence-electron chi connectivity index (χ3n) is 3.05. The number of nitrogens with one attached hydrogen (secondary N) is 1. The van der Waals surface area contributed by atoms with E-state index in [1.807, 2.05) is 0 Å². The number of methoxy groups -OCH3 is 1. The van der Waals surface area contributed by atoms with Crippen LogP contribution in [0.1, 0.15) is 16.1 Å². The first-order valence-electron chi connectivity index (χ1n) is 5.83. The number of esters is 1. The summed E-state index contributed by atoms with van der Waals surface area (Å²) >= 11 is 0.902. The predicted molar refractivity (Wildman–Crippen MR) is 71.8 cm³/mol. The van der Waals surface area contributed by atoms with E-state index < -0.39 is 27.5 Å². The van der Waals surface area contributed by atoms with Gasteiger partial charge >= 0.3 is 11.9 Å². The summed E-state index contributed by atoms with van der Waals surface area (Å²) in [4.78, 5) is 22.5. The normalized spacial score (nSPS) is 22.1. The summed E-state index contributed by atoms with van der Waals surface area (Å²) in [5, 5.41) is 10.7. The van der Waals surface area contributed by atoms with Gasteiger partial charge in [-0.25, -0.2) is 13.2 Å². The summed E-state index contributed by atoms with van der Waals surface area (Å²) < 4.78 is 36.4. The molecule has 1 aromatic rings. The van der Waals surface area contributed by atoms with E-state index in [2.05, 4.69) is 9.46 Å². The van der Waals surface area contributed by atoms with Crippen molar-refractivity contribution >= 4 is 33.3 Å². The van der Waals surface area contributed by atoms with E-state index in [4.69, 9.17) is 4.74 Å². The number of aliphatic carboxylic acids is 1. The van der Waals surface area contributed by atoms with E-state index in [1.54, 1.807) is 0 Å². The van der Waals surface area contributed by atoms with Gasteiger partial charge in [-0.2, -0.15) is 4.72 Å². The van der Waals surface area contributed by atoms with Crippen LogP contribution in [0.4, 0.5) is 0 Å². The maximum Gasteiger partial charge on any atom is 0.349 e. The molecule has 0 aromatic carbocycles. The molecule has 1 aliphatic heterocycles. The van der Waals surface area contributed by atoms with Gasteiger partial charge in [0.1, 0.15) is 9.77 Å². The minimum Gasteiger partial charge on any atom is -0.480 e. The van der Waals surface area contributed by atoms with Gasteiger partial charge in [-0.05, 0) is 11.4 Å². The fourth-order valence-corrected chi connectivity index (χ4v) is 4.63. The highest BCUT2D eigenvalue weighted by atomic mass is 32.2. The molecule has 2 rings (SSSR count). The Kier molecular flexibility index (Phi) is 4.33. The molecule has 0 spiro atoms. The Bertz CT molecular complexity index is 658. The Morgan fingerprint density at radius 3 is 2.76 bits per heavy atom. The van der Waals surface area contributed by atoms with Gasteiger partial charge in [0.05, 0.1) is 13.7 Å². The lowest BCUT2D eigenvalue weighted by Crippen LogP contribution is -2.55. The van der Waals surface area contributed by atoms with Crippen LogP contribution >= 0.6 is 11.3 Å². The molecule has 1 fully saturated rings. The van der Waals surface area contributed by atoms with Gasteiger partial charge in [-0.15, -0.1) is 11.3 Å². The Labute approximate surface area is 124 Å². The first kappa shape index (κ1) is 15.9. The van der Waals surface area contributed by atoms with Crippen LogP contribution in [0.15, 0.2) is 16.3 Å². The molecule has 21 heavy (non-hydrogen) atoms. The zero-order chi connectivity index (χ0) is 15.7. The monoisotopic (exact) mass is 335 g/mol. The van der Waals surface area contributed by atoms with Gasteiger partial charge in [0.25, 0.3) is 0 Å². The van der Waals surface area contributed by atoms with Gasteiger partial charge < -0.3 is 14.6 Å². The van der Waals surface area contributed by atoms with Crippen molar-refractivity contribution in [2.75, 3.05) is 20.3 Å². The van der Waals surface area contributed by atoms with E-state index in [1.165, 1.54) is 11.4 Å². The maximum atomic E-state index is 12.4. The number of rotatable bonds is 5. The van der Waals surface area contributed by atoms with Crippen LogP contribution in [0.25, 0.3) is 0 Å². The molecule has 8 nitrogen and oxygen atoms in total. The highest BCUT2D eigenvalue weighted by Gasteiger charge is 2.46. The number of carboxylic acids is 1. The third-order valence-corrected chi connectivity index (χ3v) is 5.65. The van der Waals surface area contributed by atoms with Gasteiger partial charge in [0.2, 0.25) is 10.0 Å². The van der Waals surface area contributed by atoms with Crippen molar-refractivity contribution in [2.45, 2.75) is 16.9 Å². The fraction of sp³-hybridized carbons (Fsp3) is 0.455. The van der Waals surface area contributed by atoms with E-state index in [-0.39, 0.29) is 29.4 Å². The van der Waals surface area contributed by atoms with E-state index in [0.717, 1.165) is 18.4 Å². The Hall–Kier alpha value is -1.49. The number of hydrogen-bond donors (Lipinski definition) is 2. The molecule has 0 aliphatic carbocycles. The molecular weight excluding hydrogens is 322 g/mol. The van der Waals surface area contributed by atoms with E-state index >= 15 is 0 Å². The number of sulfonamides is 1. The number of carbonyl (C=O) groups excluding carboxylic acids is 1. The molecule has 1 aliphatic rings. The summed E-state index contributed by atoms with van der Waals surface area (Å²) in [6.45, 7) is -0.123. The summed E-state index contributed by atoms with van der Waals surface area (Å²) in [6.07, 6.45) is 0.0132. The average Bonchev–Trinajstić information content (AvgIpc) is 3.06. The topological polar surface area (TPSA) is 119 Å². The van der Waals surface area contributed by atoms with Crippen LogP contribution in [0, 0.1) is 0 Å². The molecule has 1 atom stereocenters. The number of ether oxygens (including phenoxy) is 2. The van der Waals surface area contributed by atoms with Crippen LogP contribution in [-0.2, 0) is 24.3 Å². The Morgan fingerprint density at radius 2 is 2.24 bits per heavy atom. The lowest BCUT2D eigenvalue weighted by Gasteiger charge is -2.23. The molecule has 0 amide bonds. The van der Waals surface area contributed by atoms with Crippen LogP contribution in [0.2, 0.25) is 0 Å². The summed E-state index contributed by atoms with van der Waals surface area (Å²) in [5.74, 6) is -2.11. The smallest absolute Gasteiger partial charge is 0.349 e. The minimum absolute atomic E-state index is 0.0132. The van der Waals surface area contributed by atoms with Crippen LogP contribution in [0.3, 0.4) is 0 Å². The van der Waals surface area contributed by atoms with Crippen molar-refractivity contribution in [2.24, 2.45) is 0 Å². The van der Waals surface area contributed by atoms with Crippen molar-refractivity contribution in [3.05, 3.63) is 16.3 Å². The SMILES string of the molecule is COC(=O)c1sccc1S(=O)(=O)NC1(C(=O)O)CCOC1. The quantitative estimate of drug-likeness (QED) is 0.730. The Balaban J connectivity index is 2.37. The number of thiophene rings is 1. The lowest BCUT2D eigenvalue weighted by molar-refractivity contribution is -0.144. The molecular formula is C11H13NO7S2. The molecule has 10 heteroatoms. The standard InChI is InChI=1S/C11H13NO7S2/c1-18-9(13)8-7(2-5-20-8)21(16,17)12-11(10(14)15)3-4-19-6-11/h2,5,12H,3-4,6H2,1H3,(H,14,15). The molecule has 116 valence electrons. The number of hydrogen-bond acceptors (Lipinski definition) is 7. The van der Waals surface area contributed by atoms with E-state index in [9.17, 15) is 23.1 Å². The van der Waals surface area contributed by atoms with Crippen molar-refractivity contribution < 1.29 is 32.6 Å². The van der Waals surface area contributed by atoms with Crippen LogP contribution in [0.5, 0.6) is 0 Å². The second-order valence-electron chi connectivity index (χ2n) is 4.40. The summed E-state index contributed by atoms with van der Waals surface area (Å²) in [7, 11) is -3.06. The van der Waals surface area contributed by atoms with Crippen molar-refractivity contribution in [1.29, 1.82) is 0 Å². The first-order valence-corrected chi connectivity index (χ1v) is 8.19. The van der Waals surface area contributed by atoms with Gasteiger partial charge in [0, 0.05) is 13.0 Å². The van der Waals surface area contributed by atoms with Gasteiger partial charge in [-0.3, -0.25) is 4.79 Å². The highest BCUT2D eigenvalue weighted by Crippen LogP contribution is 2.27. The summed E-state index contributed by atoms with van der Waals surface area (Å²) in [5.41, 5.74) is -1.71. The zero-order valence-corrected chi connectivity index (χ0v) is 12.6. The molecule has 1 aromatic heterocycles. The van der Waals surface area contributed by atoms with Crippen molar-refractivity contribution in [3.63, 3.8) is 0 Å². The minimum atomic E-state index is -4.19. The van der Waals surface area contributed by atoms with Crippen molar-refractivity contribution in [1.82, 2.24) is 4.72 Å². The van der Waals surface area contributed by atoms with Gasteiger partial charge in [-0.1, -0.05) is 0 Å². The number of carbonyl (C=O) groups is 2. The molecule has 0 saturated carbocycles. The van der Waals surface area contributed by atoms with Crippen molar-refractivity contribution in [3.8, 4) is 0 Å². The van der Waals surface area contributed by atoms with Gasteiger partial charge in [0.15, 0.2) is 5.54 Å². The molecule has 1 unspecified atom stereocenters. The third kappa shape index (κ3) is 2.93. The maximum absolute atomic E-state index is 12.4. The summed E-state index contributed by atoms with van der Waals surface area (Å²) in [6, 6.07) is 1.23. The lowest BCUT2D eigenvalue weighted by atomic mass is 10.0. The zero-order valence-electron chi connectivity index (χ0n) is 11.0. The predicted octanol–water partition coefficient (Wildman–Crippen LogP) is 0.0567. The molecule has 2 N–H and O–H groups in total. The van der Waals surface area contributed by atoms with E-state index in [0.29, 0.717) is 0 Å². The molecule has 0 bridgehead atoms. The molecule has 1 saturated heterocycles. The Morgan fingerprint density at radius 1 is 1.52 bits per heavy atom. The first-order chi connectivity index (χ1) is 9.82. The van der Waals surface area contributed by atoms with Crippen LogP contribution < -0.4 is 4.72 Å². The fourth-order valence-electron chi connectivity index (χ4n) is 1.92. The number of carboxylic acid groups (broad SMARTS) is 1. The van der Waals surface area contributed by atoms with Crippen LogP contribution in [-0.4, -0.2) is 51.3 Å². The second kappa shape index (κ2) is 5.72. The largest absolute Gasteiger partial charge is 0.480 e. The molecule has 2 heterocycles. The highest BCUT2D eigenvalue weighted by molar-refractivity contribution is 7.89.